The summed E-state index contributed by atoms with van der Waals surface area (Å²) in [6.45, 7) is 7.37. The van der Waals surface area contributed by atoms with E-state index in [2.05, 4.69) is 22.1 Å². The Labute approximate surface area is 232 Å². The third-order valence-corrected chi connectivity index (χ3v) is 9.08. The highest BCUT2D eigenvalue weighted by atomic mass is 32.2. The van der Waals surface area contributed by atoms with Gasteiger partial charge in [0.15, 0.2) is 11.3 Å². The van der Waals surface area contributed by atoms with E-state index in [0.717, 1.165) is 25.7 Å². The van der Waals surface area contributed by atoms with Crippen molar-refractivity contribution in [1.82, 2.24) is 38.3 Å². The number of aryl methyl sites for hydroxylation is 1. The number of aromatic nitrogens is 6. The lowest BCUT2D eigenvalue weighted by Crippen LogP contribution is -2.49. The van der Waals surface area contributed by atoms with Gasteiger partial charge < -0.3 is 14.8 Å². The van der Waals surface area contributed by atoms with Crippen molar-refractivity contribution in [3.8, 4) is 17.1 Å². The maximum Gasteiger partial charge on any atom is 0.336 e. The zero-order valence-corrected chi connectivity index (χ0v) is 23.7. The molecule has 0 aliphatic carbocycles. The third-order valence-electron chi connectivity index (χ3n) is 7.19. The number of piperazine rings is 1. The Balaban J connectivity index is 1.59. The highest BCUT2D eigenvalue weighted by Crippen LogP contribution is 2.33. The van der Waals surface area contributed by atoms with Crippen LogP contribution in [-0.2, 0) is 16.6 Å². The number of H-pyrrole nitrogens is 1. The molecule has 14 heteroatoms. The van der Waals surface area contributed by atoms with Gasteiger partial charge in [0.1, 0.15) is 23.4 Å². The van der Waals surface area contributed by atoms with E-state index in [1.54, 1.807) is 22.8 Å². The summed E-state index contributed by atoms with van der Waals surface area (Å²) >= 11 is 0. The van der Waals surface area contributed by atoms with Gasteiger partial charge in [-0.05, 0) is 31.0 Å². The number of ether oxygens (including phenoxy) is 1. The Bertz CT molecular complexity index is 1640. The van der Waals surface area contributed by atoms with Crippen molar-refractivity contribution < 1.29 is 18.3 Å². The number of aliphatic hydroxyl groups excluding tert-OH is 1. The zero-order valence-electron chi connectivity index (χ0n) is 22.9. The SMILES string of the molecule is CCCCCn1c(=O)n2cnnc2c2[nH]c(-c3cc(S(=O)(=O)N4CCN(CCO)CC4)ccc3OCCC)nc21. The monoisotopic (exact) mass is 572 g/mol. The number of imidazole rings is 1. The van der Waals surface area contributed by atoms with Gasteiger partial charge >= 0.3 is 5.69 Å². The number of benzene rings is 1. The van der Waals surface area contributed by atoms with Crippen molar-refractivity contribution in [3.05, 3.63) is 35.0 Å². The van der Waals surface area contributed by atoms with Gasteiger partial charge in [-0.15, -0.1) is 10.2 Å². The number of sulfonamides is 1. The minimum atomic E-state index is -3.79. The van der Waals surface area contributed by atoms with Gasteiger partial charge in [-0.25, -0.2) is 22.6 Å². The molecule has 3 aromatic heterocycles. The normalized spacial score (nSPS) is 15.4. The van der Waals surface area contributed by atoms with Crippen molar-refractivity contribution in [2.75, 3.05) is 45.9 Å². The number of nitrogens with one attached hydrogen (secondary N) is 1. The molecule has 1 aromatic carbocycles. The van der Waals surface area contributed by atoms with Crippen LogP contribution in [0.5, 0.6) is 5.75 Å². The minimum absolute atomic E-state index is 0.0421. The molecule has 216 valence electrons. The number of rotatable bonds is 12. The summed E-state index contributed by atoms with van der Waals surface area (Å²) in [7, 11) is -3.79. The van der Waals surface area contributed by atoms with E-state index >= 15 is 0 Å². The van der Waals surface area contributed by atoms with Crippen molar-refractivity contribution in [3.63, 3.8) is 0 Å². The van der Waals surface area contributed by atoms with Crippen LogP contribution in [0.1, 0.15) is 39.5 Å². The van der Waals surface area contributed by atoms with E-state index in [1.807, 2.05) is 11.8 Å². The van der Waals surface area contributed by atoms with Crippen LogP contribution in [0.4, 0.5) is 0 Å². The number of unbranched alkanes of at least 4 members (excludes halogenated alkanes) is 2. The van der Waals surface area contributed by atoms with Gasteiger partial charge in [0.2, 0.25) is 10.0 Å². The zero-order chi connectivity index (χ0) is 28.3. The molecule has 40 heavy (non-hydrogen) atoms. The predicted molar refractivity (Wildman–Crippen MR) is 150 cm³/mol. The second-order valence-electron chi connectivity index (χ2n) is 9.93. The van der Waals surface area contributed by atoms with Crippen LogP contribution in [0.25, 0.3) is 28.2 Å². The molecule has 0 amide bonds. The number of aliphatic hydroxyl groups is 1. The van der Waals surface area contributed by atoms with Crippen molar-refractivity contribution in [1.29, 1.82) is 0 Å². The maximum atomic E-state index is 13.6. The highest BCUT2D eigenvalue weighted by molar-refractivity contribution is 7.89. The summed E-state index contributed by atoms with van der Waals surface area (Å²) in [5.74, 6) is 0.871. The molecule has 1 fully saturated rings. The average Bonchev–Trinajstić information content (AvgIpc) is 3.62. The lowest BCUT2D eigenvalue weighted by Gasteiger charge is -2.33. The van der Waals surface area contributed by atoms with E-state index in [0.29, 0.717) is 79.8 Å². The Morgan fingerprint density at radius 1 is 1.05 bits per heavy atom. The molecule has 0 bridgehead atoms. The second kappa shape index (κ2) is 12.0. The van der Waals surface area contributed by atoms with Crippen LogP contribution >= 0.6 is 0 Å². The van der Waals surface area contributed by atoms with Gasteiger partial charge in [0.25, 0.3) is 0 Å². The Kier molecular flexibility index (Phi) is 8.49. The van der Waals surface area contributed by atoms with E-state index in [4.69, 9.17) is 9.72 Å². The van der Waals surface area contributed by atoms with Crippen molar-refractivity contribution >= 4 is 26.8 Å². The lowest BCUT2D eigenvalue weighted by molar-refractivity contribution is 0.151. The molecule has 1 aliphatic rings. The molecule has 0 saturated carbocycles. The molecule has 0 unspecified atom stereocenters. The summed E-state index contributed by atoms with van der Waals surface area (Å²) in [6, 6.07) is 4.80. The fraction of sp³-hybridized carbons (Fsp3) is 0.538. The molecule has 0 spiro atoms. The van der Waals surface area contributed by atoms with Crippen LogP contribution in [0.2, 0.25) is 0 Å². The van der Waals surface area contributed by atoms with Crippen LogP contribution in [0, 0.1) is 0 Å². The number of aromatic amines is 1. The number of nitrogens with zero attached hydrogens (tertiary/aromatic N) is 7. The first-order valence-corrected chi connectivity index (χ1v) is 15.3. The van der Waals surface area contributed by atoms with Crippen LogP contribution in [0.15, 0.2) is 34.2 Å². The molecular weight excluding hydrogens is 536 g/mol. The summed E-state index contributed by atoms with van der Waals surface area (Å²) < 4.78 is 37.7. The van der Waals surface area contributed by atoms with E-state index in [1.165, 1.54) is 15.0 Å². The first kappa shape index (κ1) is 28.2. The quantitative estimate of drug-likeness (QED) is 0.242. The molecule has 1 aliphatic heterocycles. The standard InChI is InChI=1S/C26H36N8O5S/c1-3-5-6-9-33-24-22(25-30-27-18-34(25)26(33)36)28-23(29-24)20-17-19(7-8-21(20)39-16-4-2)40(37,38)32-12-10-31(11-13-32)14-15-35/h7-8,17-18,35H,3-6,9-16H2,1-2H3,(H,28,29). The molecule has 2 N–H and O–H groups in total. The molecule has 0 atom stereocenters. The Morgan fingerprint density at radius 2 is 1.85 bits per heavy atom. The third kappa shape index (κ3) is 5.36. The smallest absolute Gasteiger partial charge is 0.336 e. The van der Waals surface area contributed by atoms with Crippen LogP contribution in [-0.4, -0.2) is 97.8 Å². The Morgan fingerprint density at radius 3 is 2.58 bits per heavy atom. The van der Waals surface area contributed by atoms with E-state index in [-0.39, 0.29) is 17.2 Å². The van der Waals surface area contributed by atoms with Gasteiger partial charge in [-0.1, -0.05) is 26.7 Å². The fourth-order valence-electron chi connectivity index (χ4n) is 5.01. The highest BCUT2D eigenvalue weighted by Gasteiger charge is 2.30. The fourth-order valence-corrected chi connectivity index (χ4v) is 6.46. The van der Waals surface area contributed by atoms with E-state index in [9.17, 15) is 18.3 Å². The molecule has 4 heterocycles. The van der Waals surface area contributed by atoms with Crippen LogP contribution < -0.4 is 10.4 Å². The summed E-state index contributed by atoms with van der Waals surface area (Å²) in [6.07, 6.45) is 4.95. The first-order valence-electron chi connectivity index (χ1n) is 13.8. The first-order chi connectivity index (χ1) is 19.4. The van der Waals surface area contributed by atoms with Crippen LogP contribution in [0.3, 0.4) is 0 Å². The number of hydrogen-bond acceptors (Lipinski definition) is 9. The van der Waals surface area contributed by atoms with Crippen molar-refractivity contribution in [2.24, 2.45) is 0 Å². The average molecular weight is 573 g/mol. The summed E-state index contributed by atoms with van der Waals surface area (Å²) in [5.41, 5.74) is 1.53. The lowest BCUT2D eigenvalue weighted by atomic mass is 10.2. The maximum absolute atomic E-state index is 13.6. The number of fused-ring (bicyclic) bond motifs is 3. The molecule has 4 aromatic rings. The summed E-state index contributed by atoms with van der Waals surface area (Å²) in [4.78, 5) is 23.5. The summed E-state index contributed by atoms with van der Waals surface area (Å²) in [5, 5.41) is 17.3. The molecule has 13 nitrogen and oxygen atoms in total. The minimum Gasteiger partial charge on any atom is -0.493 e. The molecule has 1 saturated heterocycles. The number of β-amino-alcohol motifs (C(OH)–C–C–N with tert-alkyl or cyclic N) is 1. The van der Waals surface area contributed by atoms with Gasteiger partial charge in [-0.2, -0.15) is 4.31 Å². The van der Waals surface area contributed by atoms with Gasteiger partial charge in [0.05, 0.1) is 23.7 Å². The van der Waals surface area contributed by atoms with Gasteiger partial charge in [-0.3, -0.25) is 9.47 Å². The van der Waals surface area contributed by atoms with Crippen molar-refractivity contribution in [2.45, 2.75) is 51.0 Å². The molecule has 0 radical (unpaired) electrons. The predicted octanol–water partition coefficient (Wildman–Crippen LogP) is 1.71. The molecule has 5 rings (SSSR count). The second-order valence-corrected chi connectivity index (χ2v) is 11.9. The Hall–Kier alpha value is -3.33. The topological polar surface area (TPSA) is 151 Å². The largest absolute Gasteiger partial charge is 0.493 e. The van der Waals surface area contributed by atoms with E-state index < -0.39 is 10.0 Å². The van der Waals surface area contributed by atoms with Gasteiger partial charge in [0, 0.05) is 39.3 Å². The number of hydrogen-bond donors (Lipinski definition) is 2. The molecular formula is C26H36N8O5S.